The molecule has 4 heteroatoms. The third kappa shape index (κ3) is 4.99. The molecule has 1 unspecified atom stereocenters. The number of rotatable bonds is 5. The van der Waals surface area contributed by atoms with E-state index in [1.807, 2.05) is 7.05 Å². The maximum absolute atomic E-state index is 4.37. The lowest BCUT2D eigenvalue weighted by atomic mass is 10.1. The van der Waals surface area contributed by atoms with Crippen molar-refractivity contribution in [3.8, 4) is 0 Å². The molecule has 3 rings (SSSR count). The van der Waals surface area contributed by atoms with Crippen molar-refractivity contribution in [2.45, 2.75) is 25.8 Å². The normalized spacial score (nSPS) is 17.6. The summed E-state index contributed by atoms with van der Waals surface area (Å²) in [7, 11) is 1.84. The number of anilines is 1. The summed E-state index contributed by atoms with van der Waals surface area (Å²) in [5.74, 6) is 0.895. The molecule has 1 aliphatic rings. The van der Waals surface area contributed by atoms with Gasteiger partial charge in [0.1, 0.15) is 0 Å². The zero-order chi connectivity index (χ0) is 17.5. The predicted octanol–water partition coefficient (Wildman–Crippen LogP) is 2.98. The van der Waals surface area contributed by atoms with Gasteiger partial charge in [-0.3, -0.25) is 4.99 Å². The minimum absolute atomic E-state index is 0.434. The van der Waals surface area contributed by atoms with Gasteiger partial charge in [-0.1, -0.05) is 48.0 Å². The van der Waals surface area contributed by atoms with Crippen LogP contribution in [0.2, 0.25) is 0 Å². The van der Waals surface area contributed by atoms with Crippen molar-refractivity contribution in [1.29, 1.82) is 0 Å². The highest BCUT2D eigenvalue weighted by Gasteiger charge is 2.23. The Morgan fingerprint density at radius 1 is 1.12 bits per heavy atom. The van der Waals surface area contributed by atoms with Gasteiger partial charge >= 0.3 is 0 Å². The van der Waals surface area contributed by atoms with E-state index in [-0.39, 0.29) is 0 Å². The number of nitrogens with zero attached hydrogens (tertiary/aromatic N) is 2. The summed E-state index contributed by atoms with van der Waals surface area (Å²) in [5.41, 5.74) is 3.96. The van der Waals surface area contributed by atoms with Gasteiger partial charge in [0, 0.05) is 38.4 Å². The van der Waals surface area contributed by atoms with E-state index in [9.17, 15) is 0 Å². The van der Waals surface area contributed by atoms with Crippen molar-refractivity contribution in [3.05, 3.63) is 65.7 Å². The highest BCUT2D eigenvalue weighted by atomic mass is 15.2. The Hall–Kier alpha value is -2.49. The van der Waals surface area contributed by atoms with E-state index in [1.165, 1.54) is 16.8 Å². The van der Waals surface area contributed by atoms with Gasteiger partial charge in [-0.2, -0.15) is 0 Å². The first kappa shape index (κ1) is 17.3. The van der Waals surface area contributed by atoms with E-state index in [0.29, 0.717) is 6.04 Å². The molecule has 2 aromatic carbocycles. The number of hydrogen-bond acceptors (Lipinski definition) is 2. The molecule has 0 bridgehead atoms. The number of aliphatic imine (C=N–C) groups is 1. The fraction of sp³-hybridized carbons (Fsp3) is 0.381. The van der Waals surface area contributed by atoms with Crippen LogP contribution in [0, 0.1) is 6.92 Å². The average Bonchev–Trinajstić information content (AvgIpc) is 3.11. The molecule has 2 aromatic rings. The van der Waals surface area contributed by atoms with Crippen LogP contribution in [0.3, 0.4) is 0 Å². The fourth-order valence-electron chi connectivity index (χ4n) is 3.23. The van der Waals surface area contributed by atoms with Crippen LogP contribution < -0.4 is 15.5 Å². The van der Waals surface area contributed by atoms with Crippen LogP contribution >= 0.6 is 0 Å². The number of benzene rings is 2. The topological polar surface area (TPSA) is 39.7 Å². The van der Waals surface area contributed by atoms with Crippen molar-refractivity contribution in [2.75, 3.05) is 31.6 Å². The molecule has 4 nitrogen and oxygen atoms in total. The maximum atomic E-state index is 4.37. The Bertz CT molecular complexity index is 679. The van der Waals surface area contributed by atoms with Crippen LogP contribution in [0.5, 0.6) is 0 Å². The monoisotopic (exact) mass is 336 g/mol. The summed E-state index contributed by atoms with van der Waals surface area (Å²) in [6.07, 6.45) is 2.13. The van der Waals surface area contributed by atoms with Crippen LogP contribution in [0.4, 0.5) is 5.69 Å². The smallest absolute Gasteiger partial charge is 0.191 e. The van der Waals surface area contributed by atoms with E-state index in [2.05, 4.69) is 82.0 Å². The van der Waals surface area contributed by atoms with Crippen LogP contribution in [-0.2, 0) is 6.42 Å². The Balaban J connectivity index is 1.45. The Morgan fingerprint density at radius 2 is 1.88 bits per heavy atom. The minimum Gasteiger partial charge on any atom is -0.369 e. The van der Waals surface area contributed by atoms with Crippen molar-refractivity contribution in [2.24, 2.45) is 4.99 Å². The zero-order valence-electron chi connectivity index (χ0n) is 15.2. The van der Waals surface area contributed by atoms with E-state index >= 15 is 0 Å². The molecule has 2 N–H and O–H groups in total. The molecular formula is C21H28N4. The molecule has 0 saturated carbocycles. The third-order valence-corrected chi connectivity index (χ3v) is 4.70. The molecule has 25 heavy (non-hydrogen) atoms. The first-order chi connectivity index (χ1) is 12.2. The summed E-state index contributed by atoms with van der Waals surface area (Å²) in [5, 5.41) is 6.99. The van der Waals surface area contributed by atoms with Crippen LogP contribution in [-0.4, -0.2) is 38.7 Å². The zero-order valence-corrected chi connectivity index (χ0v) is 15.2. The molecule has 1 saturated heterocycles. The Labute approximate surface area is 151 Å². The van der Waals surface area contributed by atoms with Crippen molar-refractivity contribution in [1.82, 2.24) is 10.6 Å². The largest absolute Gasteiger partial charge is 0.369 e. The van der Waals surface area contributed by atoms with Gasteiger partial charge in [0.2, 0.25) is 0 Å². The van der Waals surface area contributed by atoms with Gasteiger partial charge in [-0.05, 0) is 37.5 Å². The molecule has 1 fully saturated rings. The van der Waals surface area contributed by atoms with Crippen molar-refractivity contribution >= 4 is 11.6 Å². The molecule has 0 aromatic heterocycles. The summed E-state index contributed by atoms with van der Waals surface area (Å²) in [4.78, 5) is 6.81. The lowest BCUT2D eigenvalue weighted by Gasteiger charge is -2.20. The second kappa shape index (κ2) is 8.56. The number of guanidine groups is 1. The van der Waals surface area contributed by atoms with Crippen LogP contribution in [0.1, 0.15) is 17.5 Å². The van der Waals surface area contributed by atoms with Crippen LogP contribution in [0.25, 0.3) is 0 Å². The first-order valence-electron chi connectivity index (χ1n) is 9.07. The van der Waals surface area contributed by atoms with E-state index in [0.717, 1.165) is 38.4 Å². The standard InChI is InChI=1S/C21H28N4/c1-17-8-10-20(11-9-17)25-15-13-19(16-25)24-21(22-2)23-14-12-18-6-4-3-5-7-18/h3-11,19H,12-16H2,1-2H3,(H2,22,23,24). The fourth-order valence-corrected chi connectivity index (χ4v) is 3.23. The van der Waals surface area contributed by atoms with Gasteiger partial charge in [-0.25, -0.2) is 0 Å². The van der Waals surface area contributed by atoms with Crippen molar-refractivity contribution < 1.29 is 0 Å². The number of aryl methyl sites for hydroxylation is 1. The highest BCUT2D eigenvalue weighted by Crippen LogP contribution is 2.20. The molecule has 1 atom stereocenters. The molecule has 0 radical (unpaired) electrons. The average molecular weight is 336 g/mol. The molecule has 0 spiro atoms. The second-order valence-electron chi connectivity index (χ2n) is 6.65. The van der Waals surface area contributed by atoms with Gasteiger partial charge in [0.05, 0.1) is 0 Å². The number of hydrogen-bond donors (Lipinski definition) is 2. The van der Waals surface area contributed by atoms with Crippen LogP contribution in [0.15, 0.2) is 59.6 Å². The Morgan fingerprint density at radius 3 is 2.60 bits per heavy atom. The molecule has 1 heterocycles. The van der Waals surface area contributed by atoms with Gasteiger partial charge in [0.25, 0.3) is 0 Å². The number of nitrogens with one attached hydrogen (secondary N) is 2. The van der Waals surface area contributed by atoms with Gasteiger partial charge < -0.3 is 15.5 Å². The van der Waals surface area contributed by atoms with Gasteiger partial charge in [-0.15, -0.1) is 0 Å². The van der Waals surface area contributed by atoms with Gasteiger partial charge in [0.15, 0.2) is 5.96 Å². The molecule has 0 amide bonds. The van der Waals surface area contributed by atoms with E-state index in [4.69, 9.17) is 0 Å². The van der Waals surface area contributed by atoms with Crippen molar-refractivity contribution in [3.63, 3.8) is 0 Å². The first-order valence-corrected chi connectivity index (χ1v) is 9.07. The Kier molecular flexibility index (Phi) is 5.94. The summed E-state index contributed by atoms with van der Waals surface area (Å²) < 4.78 is 0. The summed E-state index contributed by atoms with van der Waals surface area (Å²) >= 11 is 0. The third-order valence-electron chi connectivity index (χ3n) is 4.70. The SMILES string of the molecule is CN=C(NCCc1ccccc1)NC1CCN(c2ccc(C)cc2)C1. The molecular weight excluding hydrogens is 308 g/mol. The predicted molar refractivity (Wildman–Crippen MR) is 106 cm³/mol. The summed E-state index contributed by atoms with van der Waals surface area (Å²) in [6, 6.07) is 19.8. The lowest BCUT2D eigenvalue weighted by Crippen LogP contribution is -2.45. The van der Waals surface area contributed by atoms with E-state index in [1.54, 1.807) is 0 Å². The highest BCUT2D eigenvalue weighted by molar-refractivity contribution is 5.80. The lowest BCUT2D eigenvalue weighted by molar-refractivity contribution is 0.648. The molecule has 1 aliphatic heterocycles. The van der Waals surface area contributed by atoms with E-state index < -0.39 is 0 Å². The molecule has 0 aliphatic carbocycles. The maximum Gasteiger partial charge on any atom is 0.191 e. The molecule has 132 valence electrons. The summed E-state index contributed by atoms with van der Waals surface area (Å²) in [6.45, 7) is 5.12. The minimum atomic E-state index is 0.434. The second-order valence-corrected chi connectivity index (χ2v) is 6.65. The quantitative estimate of drug-likeness (QED) is 0.651.